The topological polar surface area (TPSA) is 26.3 Å². The Hall–Kier alpha value is -1.45. The van der Waals surface area contributed by atoms with Crippen LogP contribution in [0.2, 0.25) is 0 Å². The van der Waals surface area contributed by atoms with Crippen molar-refractivity contribution in [3.05, 3.63) is 29.3 Å². The summed E-state index contributed by atoms with van der Waals surface area (Å²) in [6, 6.07) is 2.09. The van der Waals surface area contributed by atoms with Crippen molar-refractivity contribution in [3.8, 4) is 5.75 Å². The first-order chi connectivity index (χ1) is 8.61. The number of methoxy groups -OCH3 is 1. The quantitative estimate of drug-likeness (QED) is 0.765. The number of ketones is 1. The van der Waals surface area contributed by atoms with Crippen molar-refractivity contribution in [1.82, 2.24) is 0 Å². The van der Waals surface area contributed by atoms with Crippen molar-refractivity contribution in [2.24, 2.45) is 5.92 Å². The smallest absolute Gasteiger partial charge is 0.169 e. The molecule has 0 bridgehead atoms. The van der Waals surface area contributed by atoms with E-state index in [-0.39, 0.29) is 18.1 Å². The summed E-state index contributed by atoms with van der Waals surface area (Å²) in [6.45, 7) is 0. The van der Waals surface area contributed by atoms with Crippen LogP contribution in [0.1, 0.15) is 42.5 Å². The Morgan fingerprint density at radius 1 is 1.28 bits per heavy atom. The van der Waals surface area contributed by atoms with E-state index in [1.165, 1.54) is 7.11 Å². The minimum absolute atomic E-state index is 0.0856. The second-order valence-electron chi connectivity index (χ2n) is 4.74. The van der Waals surface area contributed by atoms with Crippen molar-refractivity contribution in [1.29, 1.82) is 0 Å². The van der Waals surface area contributed by atoms with Crippen molar-refractivity contribution >= 4 is 5.78 Å². The molecule has 18 heavy (non-hydrogen) atoms. The lowest BCUT2D eigenvalue weighted by Crippen LogP contribution is -2.10. The number of ether oxygens (including phenoxy) is 1. The van der Waals surface area contributed by atoms with E-state index in [9.17, 15) is 13.6 Å². The van der Waals surface area contributed by atoms with Gasteiger partial charge in [0, 0.05) is 18.6 Å². The van der Waals surface area contributed by atoms with E-state index >= 15 is 0 Å². The van der Waals surface area contributed by atoms with Gasteiger partial charge in [-0.3, -0.25) is 4.79 Å². The largest absolute Gasteiger partial charge is 0.497 e. The number of rotatable bonds is 4. The molecule has 0 atom stereocenters. The van der Waals surface area contributed by atoms with Gasteiger partial charge in [0.15, 0.2) is 5.78 Å². The molecule has 0 amide bonds. The molecule has 1 aliphatic carbocycles. The van der Waals surface area contributed by atoms with Gasteiger partial charge in [0.25, 0.3) is 0 Å². The van der Waals surface area contributed by atoms with Crippen LogP contribution >= 0.6 is 0 Å². The lowest BCUT2D eigenvalue weighted by molar-refractivity contribution is 0.0953. The molecular weight excluding hydrogens is 238 g/mol. The zero-order chi connectivity index (χ0) is 13.1. The maximum atomic E-state index is 13.7. The highest BCUT2D eigenvalue weighted by atomic mass is 19.1. The Balaban J connectivity index is 2.18. The third kappa shape index (κ3) is 2.68. The lowest BCUT2D eigenvalue weighted by Gasteiger charge is -2.10. The van der Waals surface area contributed by atoms with E-state index in [4.69, 9.17) is 4.74 Å². The fourth-order valence-corrected chi connectivity index (χ4v) is 2.51. The standard InChI is InChI=1S/C14H16F2O2/c1-18-10-7-11(15)14(12(16)8-10)13(17)6-9-4-2-3-5-9/h7-9H,2-6H2,1H3. The van der Waals surface area contributed by atoms with Gasteiger partial charge in [0.1, 0.15) is 17.4 Å². The average molecular weight is 254 g/mol. The predicted molar refractivity (Wildman–Crippen MR) is 63.8 cm³/mol. The molecule has 1 aromatic rings. The van der Waals surface area contributed by atoms with E-state index < -0.39 is 23.0 Å². The van der Waals surface area contributed by atoms with Crippen LogP contribution in [0.5, 0.6) is 5.75 Å². The van der Waals surface area contributed by atoms with Gasteiger partial charge in [-0.15, -0.1) is 0 Å². The molecule has 0 saturated heterocycles. The second kappa shape index (κ2) is 5.46. The maximum absolute atomic E-state index is 13.7. The summed E-state index contributed by atoms with van der Waals surface area (Å²) in [5.74, 6) is -1.76. The molecule has 0 radical (unpaired) electrons. The molecule has 0 aliphatic heterocycles. The first-order valence-electron chi connectivity index (χ1n) is 6.18. The van der Waals surface area contributed by atoms with Crippen molar-refractivity contribution < 1.29 is 18.3 Å². The molecule has 2 nitrogen and oxygen atoms in total. The van der Waals surface area contributed by atoms with Gasteiger partial charge in [-0.25, -0.2) is 8.78 Å². The first kappa shape index (κ1) is 13.0. The Morgan fingerprint density at radius 2 is 1.83 bits per heavy atom. The minimum Gasteiger partial charge on any atom is -0.497 e. The highest BCUT2D eigenvalue weighted by Crippen LogP contribution is 2.30. The number of benzene rings is 1. The molecule has 0 spiro atoms. The summed E-state index contributed by atoms with van der Waals surface area (Å²) in [4.78, 5) is 11.9. The zero-order valence-electron chi connectivity index (χ0n) is 10.3. The first-order valence-corrected chi connectivity index (χ1v) is 6.18. The molecule has 0 unspecified atom stereocenters. The van der Waals surface area contributed by atoms with Crippen molar-refractivity contribution in [2.75, 3.05) is 7.11 Å². The molecular formula is C14H16F2O2. The van der Waals surface area contributed by atoms with Crippen LogP contribution < -0.4 is 4.74 Å². The van der Waals surface area contributed by atoms with Crippen LogP contribution in [0.3, 0.4) is 0 Å². The average Bonchev–Trinajstić information content (AvgIpc) is 2.80. The Kier molecular flexibility index (Phi) is 3.94. The highest BCUT2D eigenvalue weighted by Gasteiger charge is 2.24. The van der Waals surface area contributed by atoms with Crippen LogP contribution in [-0.2, 0) is 0 Å². The SMILES string of the molecule is COc1cc(F)c(C(=O)CC2CCCC2)c(F)c1. The van der Waals surface area contributed by atoms with E-state index in [1.54, 1.807) is 0 Å². The molecule has 2 rings (SSSR count). The Bertz CT molecular complexity index is 428. The Morgan fingerprint density at radius 3 is 2.33 bits per heavy atom. The second-order valence-corrected chi connectivity index (χ2v) is 4.74. The summed E-state index contributed by atoms with van der Waals surface area (Å²) in [6.07, 6.45) is 4.40. The molecule has 1 saturated carbocycles. The normalized spacial score (nSPS) is 15.9. The number of hydrogen-bond acceptors (Lipinski definition) is 2. The number of hydrogen-bond donors (Lipinski definition) is 0. The number of halogens is 2. The fourth-order valence-electron chi connectivity index (χ4n) is 2.51. The highest BCUT2D eigenvalue weighted by molar-refractivity contribution is 5.96. The van der Waals surface area contributed by atoms with Gasteiger partial charge < -0.3 is 4.74 Å². The molecule has 1 fully saturated rings. The van der Waals surface area contributed by atoms with Crippen LogP contribution in [0.15, 0.2) is 12.1 Å². The van der Waals surface area contributed by atoms with Crippen LogP contribution in [0.25, 0.3) is 0 Å². The van der Waals surface area contributed by atoms with Crippen LogP contribution in [0, 0.1) is 17.6 Å². The molecule has 1 aromatic carbocycles. The van der Waals surface area contributed by atoms with E-state index in [1.807, 2.05) is 0 Å². The third-order valence-electron chi connectivity index (χ3n) is 3.48. The number of carbonyl (C=O) groups excluding carboxylic acids is 1. The summed E-state index contributed by atoms with van der Waals surface area (Å²) in [5, 5.41) is 0. The summed E-state index contributed by atoms with van der Waals surface area (Å²) in [5.41, 5.74) is -0.428. The molecule has 0 N–H and O–H groups in total. The molecule has 4 heteroatoms. The van der Waals surface area contributed by atoms with Crippen molar-refractivity contribution in [3.63, 3.8) is 0 Å². The minimum atomic E-state index is -0.838. The van der Waals surface area contributed by atoms with E-state index in [0.717, 1.165) is 37.8 Å². The lowest BCUT2D eigenvalue weighted by atomic mass is 9.96. The number of Topliss-reactive ketones (excluding diaryl/α,β-unsaturated/α-hetero) is 1. The summed E-state index contributed by atoms with van der Waals surface area (Å²) < 4.78 is 32.1. The predicted octanol–water partition coefficient (Wildman–Crippen LogP) is 3.74. The molecule has 98 valence electrons. The van der Waals surface area contributed by atoms with Crippen LogP contribution in [0.4, 0.5) is 8.78 Å². The maximum Gasteiger partial charge on any atom is 0.169 e. The van der Waals surface area contributed by atoms with Gasteiger partial charge >= 0.3 is 0 Å². The molecule has 0 heterocycles. The van der Waals surface area contributed by atoms with Gasteiger partial charge in [-0.05, 0) is 5.92 Å². The van der Waals surface area contributed by atoms with Gasteiger partial charge in [0.2, 0.25) is 0 Å². The summed E-state index contributed by atoms with van der Waals surface area (Å²) in [7, 11) is 1.33. The fraction of sp³-hybridized carbons (Fsp3) is 0.500. The van der Waals surface area contributed by atoms with Gasteiger partial charge in [0.05, 0.1) is 12.7 Å². The number of carbonyl (C=O) groups is 1. The summed E-state index contributed by atoms with van der Waals surface area (Å²) >= 11 is 0. The monoisotopic (exact) mass is 254 g/mol. The third-order valence-corrected chi connectivity index (χ3v) is 3.48. The van der Waals surface area contributed by atoms with Crippen LogP contribution in [-0.4, -0.2) is 12.9 Å². The van der Waals surface area contributed by atoms with Crippen molar-refractivity contribution in [2.45, 2.75) is 32.1 Å². The molecule has 0 aromatic heterocycles. The Labute approximate surface area is 105 Å². The van der Waals surface area contributed by atoms with E-state index in [2.05, 4.69) is 0 Å². The zero-order valence-corrected chi connectivity index (χ0v) is 10.3. The molecule has 1 aliphatic rings. The van der Waals surface area contributed by atoms with Gasteiger partial charge in [-0.1, -0.05) is 25.7 Å². The van der Waals surface area contributed by atoms with Gasteiger partial charge in [-0.2, -0.15) is 0 Å². The van der Waals surface area contributed by atoms with E-state index in [0.29, 0.717) is 0 Å².